The summed E-state index contributed by atoms with van der Waals surface area (Å²) in [5, 5.41) is 7.39. The van der Waals surface area contributed by atoms with Crippen molar-refractivity contribution in [3.05, 3.63) is 65.0 Å². The van der Waals surface area contributed by atoms with Crippen LogP contribution in [0, 0.1) is 19.7 Å². The van der Waals surface area contributed by atoms with Crippen LogP contribution in [0.25, 0.3) is 0 Å². The monoisotopic (exact) mass is 301 g/mol. The maximum Gasteiger partial charge on any atom is 0.191 e. The Balaban J connectivity index is 1.98. The molecule has 2 N–H and O–H groups in total. The highest BCUT2D eigenvalue weighted by Gasteiger charge is 2.03. The van der Waals surface area contributed by atoms with Crippen molar-refractivity contribution in [2.45, 2.75) is 13.8 Å². The molecule has 0 radical (unpaired) electrons. The number of aryl methyl sites for hydroxylation is 2. The van der Waals surface area contributed by atoms with E-state index < -0.39 is 0 Å². The van der Waals surface area contributed by atoms with Crippen LogP contribution in [0.15, 0.2) is 47.6 Å². The Morgan fingerprint density at radius 2 is 1.76 bits per heavy atom. The highest BCUT2D eigenvalue weighted by atomic mass is 32.1. The smallest absolute Gasteiger partial charge is 0.191 e. The van der Waals surface area contributed by atoms with E-state index in [1.807, 2.05) is 32.0 Å². The van der Waals surface area contributed by atoms with E-state index in [1.54, 1.807) is 18.2 Å². The molecule has 0 amide bonds. The van der Waals surface area contributed by atoms with Crippen molar-refractivity contribution in [2.24, 2.45) is 5.10 Å². The first-order valence-electron chi connectivity index (χ1n) is 6.48. The van der Waals surface area contributed by atoms with Crippen molar-refractivity contribution in [1.82, 2.24) is 5.43 Å². The topological polar surface area (TPSA) is 36.4 Å². The first-order chi connectivity index (χ1) is 10.1. The van der Waals surface area contributed by atoms with Crippen LogP contribution in [-0.2, 0) is 0 Å². The number of thiocarbonyl (C=S) groups is 1. The largest absolute Gasteiger partial charge is 0.331 e. The minimum absolute atomic E-state index is 0.323. The molecule has 0 atom stereocenters. The van der Waals surface area contributed by atoms with Crippen molar-refractivity contribution in [1.29, 1.82) is 0 Å². The van der Waals surface area contributed by atoms with Gasteiger partial charge in [-0.1, -0.05) is 36.4 Å². The molecule has 2 rings (SSSR count). The number of benzene rings is 2. The van der Waals surface area contributed by atoms with E-state index in [0.29, 0.717) is 10.7 Å². The van der Waals surface area contributed by atoms with Crippen LogP contribution in [0.2, 0.25) is 0 Å². The van der Waals surface area contributed by atoms with Gasteiger partial charge in [0.15, 0.2) is 5.11 Å². The van der Waals surface area contributed by atoms with Crippen molar-refractivity contribution >= 4 is 29.2 Å². The summed E-state index contributed by atoms with van der Waals surface area (Å²) in [6.07, 6.45) is 1.40. The number of para-hydroxylation sites is 1. The van der Waals surface area contributed by atoms with Gasteiger partial charge in [-0.05, 0) is 43.3 Å². The first-order valence-corrected chi connectivity index (χ1v) is 6.89. The van der Waals surface area contributed by atoms with Gasteiger partial charge < -0.3 is 5.32 Å². The predicted octanol–water partition coefficient (Wildman–Crippen LogP) is 3.76. The van der Waals surface area contributed by atoms with Gasteiger partial charge in [-0.3, -0.25) is 5.43 Å². The molecule has 0 aromatic heterocycles. The lowest BCUT2D eigenvalue weighted by atomic mass is 10.1. The maximum atomic E-state index is 13.4. The van der Waals surface area contributed by atoms with Gasteiger partial charge >= 0.3 is 0 Å². The van der Waals surface area contributed by atoms with Crippen molar-refractivity contribution in [2.75, 3.05) is 5.32 Å². The summed E-state index contributed by atoms with van der Waals surface area (Å²) in [5.74, 6) is -0.323. The van der Waals surface area contributed by atoms with Crippen LogP contribution in [0.3, 0.4) is 0 Å². The molecule has 0 fully saturated rings. The summed E-state index contributed by atoms with van der Waals surface area (Å²) in [4.78, 5) is 0. The molecule has 0 aliphatic rings. The molecule has 2 aromatic carbocycles. The molecule has 0 saturated carbocycles. The SMILES string of the molecule is Cc1cccc(C)c1NC(=S)N/N=C\c1ccccc1F. The summed E-state index contributed by atoms with van der Waals surface area (Å²) in [5.41, 5.74) is 6.23. The maximum absolute atomic E-state index is 13.4. The van der Waals surface area contributed by atoms with Crippen molar-refractivity contribution in [3.8, 4) is 0 Å². The Kier molecular flexibility index (Phi) is 5.00. The number of anilines is 1. The summed E-state index contributed by atoms with van der Waals surface area (Å²) in [7, 11) is 0. The van der Waals surface area contributed by atoms with Crippen LogP contribution in [-0.4, -0.2) is 11.3 Å². The van der Waals surface area contributed by atoms with Gasteiger partial charge in [-0.2, -0.15) is 5.10 Å². The molecule has 0 aliphatic carbocycles. The molecule has 21 heavy (non-hydrogen) atoms. The number of rotatable bonds is 3. The van der Waals surface area contributed by atoms with Crippen molar-refractivity contribution < 1.29 is 4.39 Å². The molecule has 0 saturated heterocycles. The van der Waals surface area contributed by atoms with Crippen LogP contribution in [0.1, 0.15) is 16.7 Å². The fourth-order valence-corrected chi connectivity index (χ4v) is 2.05. The molecule has 3 nitrogen and oxygen atoms in total. The lowest BCUT2D eigenvalue weighted by molar-refractivity contribution is 0.626. The molecular formula is C16H16FN3S. The van der Waals surface area contributed by atoms with Crippen molar-refractivity contribution in [3.63, 3.8) is 0 Å². The van der Waals surface area contributed by atoms with Gasteiger partial charge in [0, 0.05) is 11.3 Å². The average Bonchev–Trinajstić information content (AvgIpc) is 2.45. The first kappa shape index (κ1) is 15.1. The lowest BCUT2D eigenvalue weighted by Crippen LogP contribution is -2.24. The lowest BCUT2D eigenvalue weighted by Gasteiger charge is -2.12. The predicted molar refractivity (Wildman–Crippen MR) is 89.3 cm³/mol. The van der Waals surface area contributed by atoms with E-state index in [2.05, 4.69) is 15.8 Å². The van der Waals surface area contributed by atoms with Crippen LogP contribution in [0.5, 0.6) is 0 Å². The molecule has 0 heterocycles. The van der Waals surface area contributed by atoms with Gasteiger partial charge in [0.1, 0.15) is 5.82 Å². The summed E-state index contributed by atoms with van der Waals surface area (Å²) in [6, 6.07) is 12.4. The fraction of sp³-hybridized carbons (Fsp3) is 0.125. The Morgan fingerprint density at radius 1 is 1.10 bits per heavy atom. The molecule has 0 aliphatic heterocycles. The van der Waals surface area contributed by atoms with Crippen LogP contribution in [0.4, 0.5) is 10.1 Å². The van der Waals surface area contributed by atoms with E-state index in [4.69, 9.17) is 12.2 Å². The normalized spacial score (nSPS) is 10.6. The van der Waals surface area contributed by atoms with E-state index in [1.165, 1.54) is 12.3 Å². The Morgan fingerprint density at radius 3 is 2.43 bits per heavy atom. The number of nitrogens with one attached hydrogen (secondary N) is 2. The number of hydrazone groups is 1. The van der Waals surface area contributed by atoms with Gasteiger partial charge in [0.2, 0.25) is 0 Å². The minimum atomic E-state index is -0.323. The molecule has 0 bridgehead atoms. The van der Waals surface area contributed by atoms with E-state index >= 15 is 0 Å². The molecule has 108 valence electrons. The average molecular weight is 301 g/mol. The molecular weight excluding hydrogens is 285 g/mol. The van der Waals surface area contributed by atoms with Crippen LogP contribution < -0.4 is 10.7 Å². The highest BCUT2D eigenvalue weighted by molar-refractivity contribution is 7.80. The second kappa shape index (κ2) is 6.95. The fourth-order valence-electron chi connectivity index (χ4n) is 1.89. The quantitative estimate of drug-likeness (QED) is 0.515. The molecule has 0 unspecified atom stereocenters. The Bertz CT molecular complexity index is 663. The third kappa shape index (κ3) is 4.10. The van der Waals surface area contributed by atoms with E-state index in [9.17, 15) is 4.39 Å². The number of hydrogen-bond acceptors (Lipinski definition) is 2. The zero-order valence-electron chi connectivity index (χ0n) is 11.9. The number of nitrogens with zero attached hydrogens (tertiary/aromatic N) is 1. The summed E-state index contributed by atoms with van der Waals surface area (Å²) in [6.45, 7) is 4.00. The highest BCUT2D eigenvalue weighted by Crippen LogP contribution is 2.19. The molecule has 5 heteroatoms. The molecule has 0 spiro atoms. The van der Waals surface area contributed by atoms with Gasteiger partial charge in [-0.15, -0.1) is 0 Å². The third-order valence-corrected chi connectivity index (χ3v) is 3.19. The summed E-state index contributed by atoms with van der Waals surface area (Å²) >= 11 is 5.17. The third-order valence-electron chi connectivity index (χ3n) is 2.99. The Hall–Kier alpha value is -2.27. The van der Waals surface area contributed by atoms with Crippen LogP contribution >= 0.6 is 12.2 Å². The minimum Gasteiger partial charge on any atom is -0.331 e. The second-order valence-electron chi connectivity index (χ2n) is 4.61. The number of halogens is 1. The Labute approximate surface area is 128 Å². The standard InChI is InChI=1S/C16H16FN3S/c1-11-6-5-7-12(2)15(11)19-16(21)20-18-10-13-8-3-4-9-14(13)17/h3-10H,1-2H3,(H2,19,20,21)/b18-10-. The van der Waals surface area contributed by atoms with E-state index in [-0.39, 0.29) is 5.82 Å². The number of hydrogen-bond donors (Lipinski definition) is 2. The second-order valence-corrected chi connectivity index (χ2v) is 5.02. The summed E-state index contributed by atoms with van der Waals surface area (Å²) < 4.78 is 13.4. The van der Waals surface area contributed by atoms with E-state index in [0.717, 1.165) is 16.8 Å². The molecule has 2 aromatic rings. The van der Waals surface area contributed by atoms with Gasteiger partial charge in [0.25, 0.3) is 0 Å². The van der Waals surface area contributed by atoms with Gasteiger partial charge in [-0.25, -0.2) is 4.39 Å². The zero-order chi connectivity index (χ0) is 15.2. The zero-order valence-corrected chi connectivity index (χ0v) is 12.7. The van der Waals surface area contributed by atoms with Gasteiger partial charge in [0.05, 0.1) is 6.21 Å².